The fourth-order valence-corrected chi connectivity index (χ4v) is 9.91. The van der Waals surface area contributed by atoms with Crippen LogP contribution < -0.4 is 0 Å². The maximum Gasteiger partial charge on any atom is 0.0900 e. The van der Waals surface area contributed by atoms with E-state index in [1.807, 2.05) is 97.6 Å². The summed E-state index contributed by atoms with van der Waals surface area (Å²) in [5.74, 6) is 0. The van der Waals surface area contributed by atoms with Crippen LogP contribution in [0.25, 0.3) is 78.9 Å². The monoisotopic (exact) mass is 852 g/mol. The maximum atomic E-state index is 5.13. The summed E-state index contributed by atoms with van der Waals surface area (Å²) in [6.45, 7) is 4.61. The van der Waals surface area contributed by atoms with Crippen LogP contribution in [0.4, 0.5) is 0 Å². The minimum absolute atomic E-state index is 0.145. The van der Waals surface area contributed by atoms with E-state index < -0.39 is 0 Å². The predicted octanol–water partition coefficient (Wildman–Crippen LogP) is 15.8. The molecule has 6 nitrogen and oxygen atoms in total. The van der Waals surface area contributed by atoms with Gasteiger partial charge in [-0.1, -0.05) is 139 Å². The fourth-order valence-electron chi connectivity index (χ4n) is 9.91. The lowest BCUT2D eigenvalue weighted by molar-refractivity contribution is 0.398. The Balaban J connectivity index is 1.19. The smallest absolute Gasteiger partial charge is 0.0900 e. The number of hydrogen-bond donors (Lipinski definition) is 0. The molecule has 0 atom stereocenters. The zero-order valence-corrected chi connectivity index (χ0v) is 38.1. The standard InChI is InChI=1S/C59H60N6/c1-3-5-7-9-11-17-31-59(32-18-12-10-8-6-4-2)49-37-43(45-39-55(51-23-13-19-33-60-51)64-56(40-45)52-24-14-20-34-61-52)27-29-47(49)48-30-28-44(38-50(48)59)46-41-57(53-25-15-21-35-62-53)65-58(42-46)54-26-16-22-36-63-54/h13-16,19-30,33-42H,3-12,17-18,31-32H2,1-2H3. The average Bonchev–Trinajstić information content (AvgIpc) is 3.64. The number of fused-ring (bicyclic) bond motifs is 3. The molecule has 2 aromatic carbocycles. The maximum absolute atomic E-state index is 5.13. The van der Waals surface area contributed by atoms with Gasteiger partial charge in [0, 0.05) is 30.2 Å². The second kappa shape index (κ2) is 20.9. The van der Waals surface area contributed by atoms with Crippen LogP contribution in [0, 0.1) is 0 Å². The van der Waals surface area contributed by atoms with E-state index in [0.29, 0.717) is 0 Å². The zero-order valence-electron chi connectivity index (χ0n) is 38.1. The van der Waals surface area contributed by atoms with Crippen LogP contribution >= 0.6 is 0 Å². The minimum Gasteiger partial charge on any atom is -0.255 e. The average molecular weight is 853 g/mol. The summed E-state index contributed by atoms with van der Waals surface area (Å²) in [6.07, 6.45) is 24.8. The SMILES string of the molecule is CCCCCCCCC1(CCCCCCCC)c2cc(-c3cc(-c4ccccn4)nc(-c4ccccn4)c3)ccc2-c2ccc(-c3cc(-c4ccccn4)nc(-c4ccccn4)c3)cc21. The third-order valence-electron chi connectivity index (χ3n) is 13.3. The van der Waals surface area contributed by atoms with Crippen LogP contribution in [0.3, 0.4) is 0 Å². The van der Waals surface area contributed by atoms with Gasteiger partial charge in [-0.3, -0.25) is 19.9 Å². The first-order valence-electron chi connectivity index (χ1n) is 24.1. The van der Waals surface area contributed by atoms with E-state index in [2.05, 4.69) is 74.5 Å². The summed E-state index contributed by atoms with van der Waals surface area (Å²) in [5, 5.41) is 0. The quantitative estimate of drug-likeness (QED) is 0.0711. The number of hydrogen-bond acceptors (Lipinski definition) is 6. The number of rotatable bonds is 20. The van der Waals surface area contributed by atoms with Crippen molar-refractivity contribution in [2.24, 2.45) is 0 Å². The Bertz CT molecular complexity index is 2480. The molecule has 6 aromatic heterocycles. The minimum atomic E-state index is -0.145. The lowest BCUT2D eigenvalue weighted by Gasteiger charge is -2.33. The van der Waals surface area contributed by atoms with E-state index in [0.717, 1.165) is 69.5 Å². The molecule has 65 heavy (non-hydrogen) atoms. The molecule has 0 amide bonds. The first-order chi connectivity index (χ1) is 32.1. The molecule has 0 spiro atoms. The topological polar surface area (TPSA) is 77.3 Å². The molecule has 9 rings (SSSR count). The highest BCUT2D eigenvalue weighted by molar-refractivity contribution is 5.87. The van der Waals surface area contributed by atoms with Gasteiger partial charge >= 0.3 is 0 Å². The van der Waals surface area contributed by atoms with Crippen molar-refractivity contribution in [2.45, 2.75) is 109 Å². The van der Waals surface area contributed by atoms with Gasteiger partial charge in [0.15, 0.2) is 0 Å². The molecule has 0 bridgehead atoms. The van der Waals surface area contributed by atoms with Crippen LogP contribution in [0.15, 0.2) is 158 Å². The van der Waals surface area contributed by atoms with E-state index in [-0.39, 0.29) is 5.41 Å². The highest BCUT2D eigenvalue weighted by atomic mass is 14.8. The predicted molar refractivity (Wildman–Crippen MR) is 268 cm³/mol. The van der Waals surface area contributed by atoms with Crippen LogP contribution in [0.5, 0.6) is 0 Å². The van der Waals surface area contributed by atoms with Crippen molar-refractivity contribution in [1.29, 1.82) is 0 Å². The van der Waals surface area contributed by atoms with Crippen molar-refractivity contribution < 1.29 is 0 Å². The first kappa shape index (κ1) is 43.6. The molecular weight excluding hydrogens is 793 g/mol. The van der Waals surface area contributed by atoms with Gasteiger partial charge < -0.3 is 0 Å². The van der Waals surface area contributed by atoms with Crippen molar-refractivity contribution in [3.8, 4) is 78.9 Å². The Morgan fingerprint density at radius 1 is 0.323 bits per heavy atom. The van der Waals surface area contributed by atoms with Crippen LogP contribution in [0.1, 0.15) is 115 Å². The van der Waals surface area contributed by atoms with E-state index in [1.165, 1.54) is 110 Å². The zero-order chi connectivity index (χ0) is 44.3. The number of pyridine rings is 6. The van der Waals surface area contributed by atoms with Crippen LogP contribution in [0.2, 0.25) is 0 Å². The van der Waals surface area contributed by atoms with Gasteiger partial charge in [-0.25, -0.2) is 9.97 Å². The van der Waals surface area contributed by atoms with Crippen molar-refractivity contribution in [1.82, 2.24) is 29.9 Å². The Hall–Kier alpha value is -6.66. The number of unbranched alkanes of at least 4 members (excludes halogenated alkanes) is 10. The Morgan fingerprint density at radius 2 is 0.662 bits per heavy atom. The van der Waals surface area contributed by atoms with E-state index in [4.69, 9.17) is 29.9 Å². The van der Waals surface area contributed by atoms with Crippen molar-refractivity contribution in [3.05, 3.63) is 169 Å². The van der Waals surface area contributed by atoms with Crippen LogP contribution in [-0.4, -0.2) is 29.9 Å². The molecule has 0 unspecified atom stereocenters. The number of nitrogens with zero attached hydrogens (tertiary/aromatic N) is 6. The number of benzene rings is 2. The van der Waals surface area contributed by atoms with Crippen LogP contribution in [-0.2, 0) is 5.41 Å². The molecule has 326 valence electrons. The summed E-state index contributed by atoms with van der Waals surface area (Å²) >= 11 is 0. The van der Waals surface area contributed by atoms with Crippen molar-refractivity contribution in [2.75, 3.05) is 0 Å². The summed E-state index contributed by atoms with van der Waals surface area (Å²) in [5.41, 5.74) is 16.9. The molecule has 0 saturated heterocycles. The lowest BCUT2D eigenvalue weighted by atomic mass is 9.70. The molecule has 8 aromatic rings. The molecule has 0 fully saturated rings. The Morgan fingerprint density at radius 3 is 0.985 bits per heavy atom. The largest absolute Gasteiger partial charge is 0.255 e. The molecular formula is C59H60N6. The third-order valence-corrected chi connectivity index (χ3v) is 13.3. The van der Waals surface area contributed by atoms with Gasteiger partial charge in [-0.15, -0.1) is 0 Å². The summed E-state index contributed by atoms with van der Waals surface area (Å²) in [6, 6.07) is 47.5. The van der Waals surface area contributed by atoms with Gasteiger partial charge in [-0.2, -0.15) is 0 Å². The summed E-state index contributed by atoms with van der Waals surface area (Å²) in [4.78, 5) is 29.2. The molecule has 1 aliphatic rings. The van der Waals surface area contributed by atoms with Gasteiger partial charge in [0.2, 0.25) is 0 Å². The highest BCUT2D eigenvalue weighted by Gasteiger charge is 2.42. The van der Waals surface area contributed by atoms with Gasteiger partial charge in [-0.05, 0) is 142 Å². The second-order valence-corrected chi connectivity index (χ2v) is 17.8. The highest BCUT2D eigenvalue weighted by Crippen LogP contribution is 2.56. The van der Waals surface area contributed by atoms with Gasteiger partial charge in [0.25, 0.3) is 0 Å². The summed E-state index contributed by atoms with van der Waals surface area (Å²) in [7, 11) is 0. The van der Waals surface area contributed by atoms with Crippen molar-refractivity contribution in [3.63, 3.8) is 0 Å². The normalized spacial score (nSPS) is 12.5. The fraction of sp³-hybridized carbons (Fsp3) is 0.288. The Labute approximate surface area is 385 Å². The summed E-state index contributed by atoms with van der Waals surface area (Å²) < 4.78 is 0. The van der Waals surface area contributed by atoms with Crippen molar-refractivity contribution >= 4 is 0 Å². The molecule has 0 N–H and O–H groups in total. The molecule has 1 aliphatic carbocycles. The molecule has 0 saturated carbocycles. The molecule has 6 heteroatoms. The molecule has 0 radical (unpaired) electrons. The van der Waals surface area contributed by atoms with E-state index in [9.17, 15) is 0 Å². The van der Waals surface area contributed by atoms with Gasteiger partial charge in [0.1, 0.15) is 0 Å². The Kier molecular flexibility index (Phi) is 14.0. The third kappa shape index (κ3) is 9.88. The first-order valence-corrected chi connectivity index (χ1v) is 24.1. The molecule has 0 aliphatic heterocycles. The lowest BCUT2D eigenvalue weighted by Crippen LogP contribution is -2.25. The van der Waals surface area contributed by atoms with E-state index >= 15 is 0 Å². The van der Waals surface area contributed by atoms with E-state index in [1.54, 1.807) is 0 Å². The molecule has 6 heterocycles. The number of aromatic nitrogens is 6. The second-order valence-electron chi connectivity index (χ2n) is 17.8. The van der Waals surface area contributed by atoms with Gasteiger partial charge in [0.05, 0.1) is 45.6 Å².